The van der Waals surface area contributed by atoms with Gasteiger partial charge in [-0.15, -0.1) is 0 Å². The first-order valence-electron chi connectivity index (χ1n) is 8.59. The molecule has 26 heavy (non-hydrogen) atoms. The van der Waals surface area contributed by atoms with Crippen LogP contribution in [0.1, 0.15) is 17.5 Å². The molecule has 1 aliphatic rings. The molecule has 2 aromatic carbocycles. The first-order valence-corrected chi connectivity index (χ1v) is 8.59. The lowest BCUT2D eigenvalue weighted by Gasteiger charge is -2.33. The number of nitrogens with one attached hydrogen (secondary N) is 2. The van der Waals surface area contributed by atoms with Crippen molar-refractivity contribution < 1.29 is 19.4 Å². The Kier molecular flexibility index (Phi) is 5.32. The van der Waals surface area contributed by atoms with Crippen LogP contribution in [0.5, 0.6) is 11.5 Å². The minimum Gasteiger partial charge on any atom is -0.497 e. The molecule has 3 rings (SSSR count). The fourth-order valence-corrected chi connectivity index (χ4v) is 3.25. The van der Waals surface area contributed by atoms with E-state index in [9.17, 15) is 9.90 Å². The Labute approximate surface area is 153 Å². The number of urea groups is 1. The van der Waals surface area contributed by atoms with Crippen LogP contribution in [-0.2, 0) is 12.8 Å². The Bertz CT molecular complexity index is 793. The van der Waals surface area contributed by atoms with Crippen LogP contribution in [0.3, 0.4) is 0 Å². The zero-order valence-corrected chi connectivity index (χ0v) is 15.0. The van der Waals surface area contributed by atoms with Crippen LogP contribution in [-0.4, -0.2) is 37.5 Å². The van der Waals surface area contributed by atoms with Crippen molar-refractivity contribution in [1.29, 1.82) is 0 Å². The molecule has 0 aliphatic heterocycles. The molecule has 6 nitrogen and oxygen atoms in total. The lowest BCUT2D eigenvalue weighted by atomic mass is 9.80. The second-order valence-corrected chi connectivity index (χ2v) is 6.54. The highest BCUT2D eigenvalue weighted by Gasteiger charge is 2.32. The minimum absolute atomic E-state index is 0.186. The standard InChI is InChI=1S/C20H24N2O4/c1-25-16-7-8-17(18(11-16)26-2)22-19(23)21-13-20(24)10-9-14-5-3-4-6-15(14)12-20/h3-8,11,24H,9-10,12-13H2,1-2H3,(H2,21,22,23). The predicted molar refractivity (Wildman–Crippen MR) is 100.0 cm³/mol. The molecule has 0 saturated heterocycles. The highest BCUT2D eigenvalue weighted by Crippen LogP contribution is 2.30. The number of anilines is 1. The number of carbonyl (C=O) groups is 1. The number of benzene rings is 2. The monoisotopic (exact) mass is 356 g/mol. The summed E-state index contributed by atoms with van der Waals surface area (Å²) in [6.45, 7) is 0.186. The summed E-state index contributed by atoms with van der Waals surface area (Å²) >= 11 is 0. The van der Waals surface area contributed by atoms with Gasteiger partial charge in [-0.3, -0.25) is 0 Å². The average Bonchev–Trinajstić information content (AvgIpc) is 2.66. The van der Waals surface area contributed by atoms with Crippen molar-refractivity contribution in [2.75, 3.05) is 26.1 Å². The van der Waals surface area contributed by atoms with Crippen LogP contribution in [0.15, 0.2) is 42.5 Å². The molecule has 2 aromatic rings. The van der Waals surface area contributed by atoms with Gasteiger partial charge in [0.1, 0.15) is 11.5 Å². The molecule has 0 aromatic heterocycles. The van der Waals surface area contributed by atoms with Gasteiger partial charge >= 0.3 is 6.03 Å². The first kappa shape index (κ1) is 18.1. The predicted octanol–water partition coefficient (Wildman–Crippen LogP) is 2.75. The highest BCUT2D eigenvalue weighted by atomic mass is 16.5. The van der Waals surface area contributed by atoms with E-state index in [1.807, 2.05) is 18.2 Å². The highest BCUT2D eigenvalue weighted by molar-refractivity contribution is 5.91. The van der Waals surface area contributed by atoms with E-state index in [4.69, 9.17) is 9.47 Å². The summed E-state index contributed by atoms with van der Waals surface area (Å²) in [7, 11) is 3.09. The molecular formula is C20H24N2O4. The van der Waals surface area contributed by atoms with Crippen LogP contribution in [0.2, 0.25) is 0 Å². The number of hydrogen-bond donors (Lipinski definition) is 3. The number of hydrogen-bond acceptors (Lipinski definition) is 4. The molecule has 2 amide bonds. The van der Waals surface area contributed by atoms with E-state index in [0.717, 1.165) is 12.0 Å². The molecule has 0 spiro atoms. The van der Waals surface area contributed by atoms with Crippen molar-refractivity contribution in [2.24, 2.45) is 0 Å². The van der Waals surface area contributed by atoms with E-state index in [1.54, 1.807) is 25.3 Å². The van der Waals surface area contributed by atoms with Crippen molar-refractivity contribution in [3.63, 3.8) is 0 Å². The van der Waals surface area contributed by atoms with Gasteiger partial charge in [-0.1, -0.05) is 24.3 Å². The van der Waals surface area contributed by atoms with Gasteiger partial charge in [0.05, 0.1) is 25.5 Å². The molecule has 6 heteroatoms. The Morgan fingerprint density at radius 2 is 1.92 bits per heavy atom. The van der Waals surface area contributed by atoms with E-state index >= 15 is 0 Å². The molecule has 0 radical (unpaired) electrons. The van der Waals surface area contributed by atoms with E-state index in [0.29, 0.717) is 30.0 Å². The van der Waals surface area contributed by atoms with Crippen molar-refractivity contribution in [3.8, 4) is 11.5 Å². The third kappa shape index (κ3) is 4.08. The van der Waals surface area contributed by atoms with Crippen molar-refractivity contribution in [1.82, 2.24) is 5.32 Å². The van der Waals surface area contributed by atoms with Crippen LogP contribution >= 0.6 is 0 Å². The van der Waals surface area contributed by atoms with Crippen LogP contribution in [0, 0.1) is 0 Å². The molecule has 0 saturated carbocycles. The summed E-state index contributed by atoms with van der Waals surface area (Å²) in [5, 5.41) is 16.3. The van der Waals surface area contributed by atoms with Crippen molar-refractivity contribution in [3.05, 3.63) is 53.6 Å². The maximum Gasteiger partial charge on any atom is 0.319 e. The Morgan fingerprint density at radius 3 is 2.65 bits per heavy atom. The number of aryl methyl sites for hydroxylation is 1. The SMILES string of the molecule is COc1ccc(NC(=O)NCC2(O)CCc3ccccc3C2)c(OC)c1. The quantitative estimate of drug-likeness (QED) is 0.770. The number of rotatable bonds is 5. The Balaban J connectivity index is 1.59. The molecule has 0 heterocycles. The molecule has 0 fully saturated rings. The lowest BCUT2D eigenvalue weighted by molar-refractivity contribution is 0.0295. The summed E-state index contributed by atoms with van der Waals surface area (Å²) in [5.41, 5.74) is 2.01. The second kappa shape index (κ2) is 7.66. The topological polar surface area (TPSA) is 79.8 Å². The zero-order chi connectivity index (χ0) is 18.6. The number of carbonyl (C=O) groups excluding carboxylic acids is 1. The smallest absolute Gasteiger partial charge is 0.319 e. The number of ether oxygens (including phenoxy) is 2. The average molecular weight is 356 g/mol. The molecule has 138 valence electrons. The third-order valence-electron chi connectivity index (χ3n) is 4.73. The number of fused-ring (bicyclic) bond motifs is 1. The molecule has 1 unspecified atom stereocenters. The van der Waals surface area contributed by atoms with Crippen molar-refractivity contribution >= 4 is 11.7 Å². The van der Waals surface area contributed by atoms with Crippen molar-refractivity contribution in [2.45, 2.75) is 24.9 Å². The van der Waals surface area contributed by atoms with Crippen LogP contribution < -0.4 is 20.1 Å². The van der Waals surface area contributed by atoms with Gasteiger partial charge in [0, 0.05) is 19.0 Å². The van der Waals surface area contributed by atoms with E-state index < -0.39 is 5.60 Å². The largest absolute Gasteiger partial charge is 0.497 e. The molecule has 3 N–H and O–H groups in total. The fraction of sp³-hybridized carbons (Fsp3) is 0.350. The van der Waals surface area contributed by atoms with Crippen LogP contribution in [0.25, 0.3) is 0 Å². The maximum absolute atomic E-state index is 12.2. The van der Waals surface area contributed by atoms with Gasteiger partial charge in [0.2, 0.25) is 0 Å². The van der Waals surface area contributed by atoms with Gasteiger partial charge in [-0.25, -0.2) is 4.79 Å². The van der Waals surface area contributed by atoms with E-state index in [2.05, 4.69) is 16.7 Å². The lowest BCUT2D eigenvalue weighted by Crippen LogP contribution is -2.47. The number of methoxy groups -OCH3 is 2. The number of amides is 2. The summed E-state index contributed by atoms with van der Waals surface area (Å²) in [5.74, 6) is 1.15. The first-order chi connectivity index (χ1) is 12.5. The normalized spacial score (nSPS) is 18.6. The summed E-state index contributed by atoms with van der Waals surface area (Å²) in [4.78, 5) is 12.2. The van der Waals surface area contributed by atoms with Crippen LogP contribution in [0.4, 0.5) is 10.5 Å². The second-order valence-electron chi connectivity index (χ2n) is 6.54. The fourth-order valence-electron chi connectivity index (χ4n) is 3.25. The van der Waals surface area contributed by atoms with Gasteiger partial charge in [-0.05, 0) is 36.1 Å². The van der Waals surface area contributed by atoms with Gasteiger partial charge < -0.3 is 25.2 Å². The minimum atomic E-state index is -0.935. The molecular weight excluding hydrogens is 332 g/mol. The summed E-state index contributed by atoms with van der Waals surface area (Å²) < 4.78 is 10.4. The summed E-state index contributed by atoms with van der Waals surface area (Å²) in [6.07, 6.45) is 1.97. The molecule has 1 aliphatic carbocycles. The third-order valence-corrected chi connectivity index (χ3v) is 4.73. The molecule has 1 atom stereocenters. The molecule has 0 bridgehead atoms. The summed E-state index contributed by atoms with van der Waals surface area (Å²) in [6, 6.07) is 12.9. The van der Waals surface area contributed by atoms with Gasteiger partial charge in [0.15, 0.2) is 0 Å². The van der Waals surface area contributed by atoms with Gasteiger partial charge in [0.25, 0.3) is 0 Å². The van der Waals surface area contributed by atoms with Gasteiger partial charge in [-0.2, -0.15) is 0 Å². The Morgan fingerprint density at radius 1 is 1.15 bits per heavy atom. The van der Waals surface area contributed by atoms with E-state index in [1.165, 1.54) is 12.7 Å². The Hall–Kier alpha value is -2.73. The maximum atomic E-state index is 12.2. The zero-order valence-electron chi connectivity index (χ0n) is 15.0. The number of aliphatic hydroxyl groups is 1. The van der Waals surface area contributed by atoms with E-state index in [-0.39, 0.29) is 12.6 Å².